The summed E-state index contributed by atoms with van der Waals surface area (Å²) in [6.07, 6.45) is 2.00. The van der Waals surface area contributed by atoms with Gasteiger partial charge in [0, 0.05) is 27.1 Å². The average molecular weight is 410 g/mol. The fraction of sp³-hybridized carbons (Fsp3) is 0.143. The Bertz CT molecular complexity index is 931. The van der Waals surface area contributed by atoms with Gasteiger partial charge in [-0.25, -0.2) is 5.43 Å². The van der Waals surface area contributed by atoms with Crippen LogP contribution in [0.2, 0.25) is 0 Å². The van der Waals surface area contributed by atoms with Crippen molar-refractivity contribution in [3.8, 4) is 5.69 Å². The maximum atomic E-state index is 12.0. The number of hydrazone groups is 1. The van der Waals surface area contributed by atoms with Crippen molar-refractivity contribution in [1.29, 1.82) is 0 Å². The maximum Gasteiger partial charge on any atom is 0.244 e. The van der Waals surface area contributed by atoms with E-state index in [0.717, 1.165) is 32.7 Å². The van der Waals surface area contributed by atoms with Gasteiger partial charge in [-0.3, -0.25) is 4.79 Å². The number of hydrogen-bond donors (Lipinski definition) is 1. The van der Waals surface area contributed by atoms with Crippen LogP contribution in [-0.2, 0) is 11.2 Å². The Kier molecular flexibility index (Phi) is 5.68. The van der Waals surface area contributed by atoms with Gasteiger partial charge < -0.3 is 4.57 Å². The lowest BCUT2D eigenvalue weighted by Gasteiger charge is -2.08. The van der Waals surface area contributed by atoms with Gasteiger partial charge in [0.1, 0.15) is 0 Å². The van der Waals surface area contributed by atoms with Crippen molar-refractivity contribution in [2.75, 3.05) is 0 Å². The van der Waals surface area contributed by atoms with Crippen molar-refractivity contribution >= 4 is 28.1 Å². The Balaban J connectivity index is 1.76. The summed E-state index contributed by atoms with van der Waals surface area (Å²) in [6, 6.07) is 19.8. The Hall–Kier alpha value is -2.66. The third-order valence-electron chi connectivity index (χ3n) is 4.22. The molecule has 0 unspecified atom stereocenters. The van der Waals surface area contributed by atoms with E-state index in [-0.39, 0.29) is 5.91 Å². The molecule has 1 aromatic heterocycles. The number of para-hydroxylation sites is 1. The highest BCUT2D eigenvalue weighted by Crippen LogP contribution is 2.29. The van der Waals surface area contributed by atoms with Crippen LogP contribution >= 0.6 is 15.9 Å². The minimum atomic E-state index is -0.138. The van der Waals surface area contributed by atoms with E-state index >= 15 is 0 Å². The molecule has 0 saturated carbocycles. The van der Waals surface area contributed by atoms with Gasteiger partial charge in [-0.05, 0) is 47.5 Å². The van der Waals surface area contributed by atoms with Gasteiger partial charge in [0.05, 0.1) is 12.6 Å². The van der Waals surface area contributed by atoms with Gasteiger partial charge in [0.25, 0.3) is 0 Å². The van der Waals surface area contributed by atoms with Crippen LogP contribution in [0.5, 0.6) is 0 Å². The molecule has 0 atom stereocenters. The molecule has 0 radical (unpaired) electrons. The highest BCUT2D eigenvalue weighted by Gasteiger charge is 2.15. The second-order valence-corrected chi connectivity index (χ2v) is 6.82. The third kappa shape index (κ3) is 3.94. The number of hydrogen-bond acceptors (Lipinski definition) is 2. The van der Waals surface area contributed by atoms with Crippen molar-refractivity contribution in [2.45, 2.75) is 20.3 Å². The third-order valence-corrected chi connectivity index (χ3v) is 5.22. The number of rotatable bonds is 5. The number of carbonyl (C=O) groups excluding carboxylic acids is 1. The van der Waals surface area contributed by atoms with Gasteiger partial charge in [0.2, 0.25) is 5.91 Å². The smallest absolute Gasteiger partial charge is 0.244 e. The summed E-state index contributed by atoms with van der Waals surface area (Å²) in [7, 11) is 0. The summed E-state index contributed by atoms with van der Waals surface area (Å²) < 4.78 is 3.14. The first kappa shape index (κ1) is 18.1. The zero-order valence-corrected chi connectivity index (χ0v) is 16.3. The second kappa shape index (κ2) is 8.15. The first-order valence-electron chi connectivity index (χ1n) is 8.36. The van der Waals surface area contributed by atoms with Crippen LogP contribution in [-0.4, -0.2) is 16.7 Å². The standard InChI is InChI=1S/C21H20BrN3O/c1-15-19(14-23-24-20(26)13-17-9-5-3-6-10-17)21(22)16(2)25(15)18-11-7-4-8-12-18/h3-12,14H,13H2,1-2H3,(H,24,26)/b23-14-. The van der Waals surface area contributed by atoms with E-state index in [1.54, 1.807) is 6.21 Å². The van der Waals surface area contributed by atoms with Crippen LogP contribution in [0.25, 0.3) is 5.69 Å². The molecule has 0 aliphatic heterocycles. The molecule has 5 heteroatoms. The molecule has 2 aromatic carbocycles. The summed E-state index contributed by atoms with van der Waals surface area (Å²) in [5.74, 6) is -0.138. The molecule has 1 amide bonds. The van der Waals surface area contributed by atoms with Crippen LogP contribution < -0.4 is 5.43 Å². The highest BCUT2D eigenvalue weighted by molar-refractivity contribution is 9.10. The van der Waals surface area contributed by atoms with Crippen molar-refractivity contribution in [3.63, 3.8) is 0 Å². The van der Waals surface area contributed by atoms with Gasteiger partial charge >= 0.3 is 0 Å². The summed E-state index contributed by atoms with van der Waals surface area (Å²) in [6.45, 7) is 4.09. The number of halogens is 1. The predicted molar refractivity (Wildman–Crippen MR) is 109 cm³/mol. The van der Waals surface area contributed by atoms with Gasteiger partial charge in [-0.15, -0.1) is 0 Å². The number of aromatic nitrogens is 1. The van der Waals surface area contributed by atoms with Crippen LogP contribution in [0.4, 0.5) is 0 Å². The summed E-state index contributed by atoms with van der Waals surface area (Å²) in [5, 5.41) is 4.14. The van der Waals surface area contributed by atoms with E-state index in [0.29, 0.717) is 6.42 Å². The van der Waals surface area contributed by atoms with Crippen molar-refractivity contribution in [3.05, 3.63) is 87.7 Å². The van der Waals surface area contributed by atoms with Crippen LogP contribution in [0.1, 0.15) is 22.5 Å². The number of benzene rings is 2. The normalized spacial score (nSPS) is 11.0. The summed E-state index contributed by atoms with van der Waals surface area (Å²) in [5.41, 5.74) is 7.75. The molecule has 0 fully saturated rings. The van der Waals surface area contributed by atoms with Crippen molar-refractivity contribution < 1.29 is 4.79 Å². The van der Waals surface area contributed by atoms with E-state index in [2.05, 4.69) is 50.1 Å². The van der Waals surface area contributed by atoms with Crippen LogP contribution in [0, 0.1) is 13.8 Å². The lowest BCUT2D eigenvalue weighted by molar-refractivity contribution is -0.120. The molecule has 0 saturated heterocycles. The van der Waals surface area contributed by atoms with E-state index in [1.165, 1.54) is 0 Å². The number of amides is 1. The van der Waals surface area contributed by atoms with E-state index in [4.69, 9.17) is 0 Å². The van der Waals surface area contributed by atoms with Crippen LogP contribution in [0.3, 0.4) is 0 Å². The zero-order valence-electron chi connectivity index (χ0n) is 14.7. The summed E-state index contributed by atoms with van der Waals surface area (Å²) in [4.78, 5) is 12.0. The Morgan fingerprint density at radius 2 is 1.65 bits per heavy atom. The zero-order chi connectivity index (χ0) is 18.5. The Morgan fingerprint density at radius 3 is 2.31 bits per heavy atom. The molecule has 0 spiro atoms. The molecule has 3 rings (SSSR count). The molecular weight excluding hydrogens is 390 g/mol. The van der Waals surface area contributed by atoms with Crippen molar-refractivity contribution in [2.24, 2.45) is 5.10 Å². The lowest BCUT2D eigenvalue weighted by Crippen LogP contribution is -2.19. The number of carbonyl (C=O) groups is 1. The number of nitrogens with one attached hydrogen (secondary N) is 1. The summed E-state index contributed by atoms with van der Waals surface area (Å²) >= 11 is 3.65. The van der Waals surface area contributed by atoms with Crippen molar-refractivity contribution in [1.82, 2.24) is 9.99 Å². The van der Waals surface area contributed by atoms with Gasteiger partial charge in [-0.1, -0.05) is 48.5 Å². The maximum absolute atomic E-state index is 12.0. The quantitative estimate of drug-likeness (QED) is 0.487. The topological polar surface area (TPSA) is 46.4 Å². The largest absolute Gasteiger partial charge is 0.317 e. The molecule has 1 N–H and O–H groups in total. The first-order chi connectivity index (χ1) is 12.6. The highest BCUT2D eigenvalue weighted by atomic mass is 79.9. The molecule has 4 nitrogen and oxygen atoms in total. The van der Waals surface area contributed by atoms with Gasteiger partial charge in [0.15, 0.2) is 0 Å². The van der Waals surface area contributed by atoms with E-state index in [9.17, 15) is 4.79 Å². The first-order valence-corrected chi connectivity index (χ1v) is 9.16. The van der Waals surface area contributed by atoms with Gasteiger partial charge in [-0.2, -0.15) is 5.10 Å². The Morgan fingerprint density at radius 1 is 1.04 bits per heavy atom. The van der Waals surface area contributed by atoms with Crippen LogP contribution in [0.15, 0.2) is 70.2 Å². The lowest BCUT2D eigenvalue weighted by atomic mass is 10.1. The molecule has 132 valence electrons. The number of nitrogens with zero attached hydrogens (tertiary/aromatic N) is 2. The average Bonchev–Trinajstić information content (AvgIpc) is 2.86. The minimum absolute atomic E-state index is 0.138. The molecule has 26 heavy (non-hydrogen) atoms. The molecule has 0 bridgehead atoms. The van der Waals surface area contributed by atoms with E-state index < -0.39 is 0 Å². The molecule has 3 aromatic rings. The molecule has 0 aliphatic rings. The molecule has 1 heterocycles. The Labute approximate surface area is 161 Å². The monoisotopic (exact) mass is 409 g/mol. The molecular formula is C21H20BrN3O. The fourth-order valence-electron chi connectivity index (χ4n) is 2.93. The fourth-order valence-corrected chi connectivity index (χ4v) is 3.49. The van der Waals surface area contributed by atoms with E-state index in [1.807, 2.05) is 55.5 Å². The molecule has 0 aliphatic carbocycles. The second-order valence-electron chi connectivity index (χ2n) is 6.02. The SMILES string of the molecule is Cc1c(Br)c(/C=N\NC(=O)Cc2ccccc2)c(C)n1-c1ccccc1. The minimum Gasteiger partial charge on any atom is -0.317 e. The predicted octanol–water partition coefficient (Wildman–Crippen LogP) is 4.55.